The molecule has 25 heavy (non-hydrogen) atoms. The standard InChI is InChI=1S/C19H29NO2.CH2O2/c1-15-6-3-7-17(16(15)2)22-13-12-20-11-5-10-19(14-20)9-4-8-18(19)21;2-1-3/h3,6-7,18,21H,4-5,8-14H2,1-2H3;1H,(H,2,3)/t18-,19+;/m1./s1. The third-order valence-corrected chi connectivity index (χ3v) is 5.77. The lowest BCUT2D eigenvalue weighted by Crippen LogP contribution is -2.48. The number of carboxylic acid groups (broad SMARTS) is 1. The number of aryl methyl sites for hydroxylation is 1. The first-order chi connectivity index (χ1) is 12.0. The van der Waals surface area contributed by atoms with Crippen molar-refractivity contribution in [1.82, 2.24) is 4.90 Å². The first-order valence-electron chi connectivity index (χ1n) is 9.20. The zero-order valence-electron chi connectivity index (χ0n) is 15.4. The van der Waals surface area contributed by atoms with Gasteiger partial charge in [0, 0.05) is 18.5 Å². The van der Waals surface area contributed by atoms with Gasteiger partial charge in [0.05, 0.1) is 6.10 Å². The minimum atomic E-state index is -0.250. The van der Waals surface area contributed by atoms with E-state index in [4.69, 9.17) is 14.6 Å². The number of aliphatic hydroxyl groups excluding tert-OH is 1. The van der Waals surface area contributed by atoms with Gasteiger partial charge in [-0.1, -0.05) is 18.6 Å². The summed E-state index contributed by atoms with van der Waals surface area (Å²) < 4.78 is 5.99. The number of benzene rings is 1. The summed E-state index contributed by atoms with van der Waals surface area (Å²) in [5.74, 6) is 1.01. The third kappa shape index (κ3) is 4.95. The second-order valence-electron chi connectivity index (χ2n) is 7.30. The van der Waals surface area contributed by atoms with Crippen molar-refractivity contribution < 1.29 is 19.7 Å². The Balaban J connectivity index is 0.000000701. The summed E-state index contributed by atoms with van der Waals surface area (Å²) in [6.45, 7) is 7.88. The minimum absolute atomic E-state index is 0.0877. The fourth-order valence-corrected chi connectivity index (χ4v) is 4.21. The number of rotatable bonds is 4. The molecule has 1 aliphatic carbocycles. The van der Waals surface area contributed by atoms with Crippen LogP contribution in [0.4, 0.5) is 0 Å². The van der Waals surface area contributed by atoms with Gasteiger partial charge in [-0.15, -0.1) is 0 Å². The quantitative estimate of drug-likeness (QED) is 0.818. The van der Waals surface area contributed by atoms with Crippen molar-refractivity contribution >= 4 is 6.47 Å². The normalized spacial score (nSPS) is 26.1. The molecule has 0 unspecified atom stereocenters. The molecule has 2 atom stereocenters. The Morgan fingerprint density at radius 3 is 2.72 bits per heavy atom. The molecule has 3 rings (SSSR count). The van der Waals surface area contributed by atoms with Gasteiger partial charge in [0.15, 0.2) is 0 Å². The Morgan fingerprint density at radius 2 is 2.04 bits per heavy atom. The van der Waals surface area contributed by atoms with Gasteiger partial charge in [0.2, 0.25) is 0 Å². The molecule has 1 aliphatic heterocycles. The summed E-state index contributed by atoms with van der Waals surface area (Å²) in [5.41, 5.74) is 2.70. The summed E-state index contributed by atoms with van der Waals surface area (Å²) in [6.07, 6.45) is 5.70. The second kappa shape index (κ2) is 9.20. The second-order valence-corrected chi connectivity index (χ2v) is 7.30. The van der Waals surface area contributed by atoms with Crippen LogP contribution in [0, 0.1) is 19.3 Å². The lowest BCUT2D eigenvalue weighted by atomic mass is 9.77. The van der Waals surface area contributed by atoms with Crippen molar-refractivity contribution in [1.29, 1.82) is 0 Å². The Kier molecular flexibility index (Phi) is 7.26. The SMILES string of the molecule is Cc1cccc(OCCN2CCC[C@@]3(CCC[C@H]3O)C2)c1C.O=CO. The number of likely N-dealkylation sites (tertiary alicyclic amines) is 1. The molecule has 2 N–H and O–H groups in total. The van der Waals surface area contributed by atoms with E-state index >= 15 is 0 Å². The molecule has 2 fully saturated rings. The summed E-state index contributed by atoms with van der Waals surface area (Å²) >= 11 is 0. The van der Waals surface area contributed by atoms with Crippen LogP contribution >= 0.6 is 0 Å². The number of piperidine rings is 1. The number of ether oxygens (including phenoxy) is 1. The van der Waals surface area contributed by atoms with Crippen molar-refractivity contribution in [3.05, 3.63) is 29.3 Å². The predicted octanol–water partition coefficient (Wildman–Crippen LogP) is 3.01. The molecule has 0 bridgehead atoms. The summed E-state index contributed by atoms with van der Waals surface area (Å²) in [4.78, 5) is 10.9. The topological polar surface area (TPSA) is 70.0 Å². The first-order valence-corrected chi connectivity index (χ1v) is 9.20. The zero-order valence-corrected chi connectivity index (χ0v) is 15.4. The van der Waals surface area contributed by atoms with Crippen LogP contribution in [0.3, 0.4) is 0 Å². The Hall–Kier alpha value is -1.59. The van der Waals surface area contributed by atoms with Gasteiger partial charge >= 0.3 is 0 Å². The minimum Gasteiger partial charge on any atom is -0.492 e. The molecule has 1 saturated heterocycles. The Morgan fingerprint density at radius 1 is 1.32 bits per heavy atom. The van der Waals surface area contributed by atoms with Crippen LogP contribution in [0.2, 0.25) is 0 Å². The molecular weight excluding hydrogens is 318 g/mol. The number of aliphatic hydroxyl groups is 1. The van der Waals surface area contributed by atoms with Crippen molar-refractivity contribution in [2.75, 3.05) is 26.2 Å². The van der Waals surface area contributed by atoms with Crippen molar-refractivity contribution in [2.24, 2.45) is 5.41 Å². The van der Waals surface area contributed by atoms with E-state index in [0.29, 0.717) is 0 Å². The van der Waals surface area contributed by atoms with E-state index < -0.39 is 0 Å². The fourth-order valence-electron chi connectivity index (χ4n) is 4.21. The largest absolute Gasteiger partial charge is 0.492 e. The third-order valence-electron chi connectivity index (χ3n) is 5.77. The van der Waals surface area contributed by atoms with Gasteiger partial charge in [0.25, 0.3) is 6.47 Å². The highest BCUT2D eigenvalue weighted by Gasteiger charge is 2.44. The maximum absolute atomic E-state index is 10.3. The van der Waals surface area contributed by atoms with Crippen molar-refractivity contribution in [3.8, 4) is 5.75 Å². The highest BCUT2D eigenvalue weighted by Crippen LogP contribution is 2.44. The zero-order chi connectivity index (χ0) is 18.3. The number of hydrogen-bond donors (Lipinski definition) is 2. The van der Waals surface area contributed by atoms with E-state index in [1.807, 2.05) is 0 Å². The van der Waals surface area contributed by atoms with Crippen molar-refractivity contribution in [2.45, 2.75) is 52.1 Å². The number of carbonyl (C=O) groups is 1. The lowest BCUT2D eigenvalue weighted by molar-refractivity contribution is -0.122. The lowest BCUT2D eigenvalue weighted by Gasteiger charge is -2.42. The molecule has 1 heterocycles. The first kappa shape index (κ1) is 19.7. The van der Waals surface area contributed by atoms with E-state index in [9.17, 15) is 5.11 Å². The highest BCUT2D eigenvalue weighted by molar-refractivity contribution is 5.38. The average Bonchev–Trinajstić information content (AvgIpc) is 2.92. The summed E-state index contributed by atoms with van der Waals surface area (Å²) in [6, 6.07) is 6.24. The maximum atomic E-state index is 10.3. The van der Waals surface area contributed by atoms with Crippen LogP contribution in [-0.4, -0.2) is 53.9 Å². The van der Waals surface area contributed by atoms with Crippen LogP contribution in [-0.2, 0) is 4.79 Å². The van der Waals surface area contributed by atoms with Crippen LogP contribution in [0.15, 0.2) is 18.2 Å². The van der Waals surface area contributed by atoms with E-state index in [0.717, 1.165) is 38.4 Å². The van der Waals surface area contributed by atoms with E-state index in [1.54, 1.807) is 0 Å². The van der Waals surface area contributed by atoms with Crippen LogP contribution < -0.4 is 4.74 Å². The Bertz CT molecular complexity index is 563. The fraction of sp³-hybridized carbons (Fsp3) is 0.650. The van der Waals surface area contributed by atoms with Crippen LogP contribution in [0.5, 0.6) is 5.75 Å². The molecule has 140 valence electrons. The van der Waals surface area contributed by atoms with Gasteiger partial charge in [-0.2, -0.15) is 0 Å². The van der Waals surface area contributed by atoms with E-state index in [-0.39, 0.29) is 18.0 Å². The smallest absolute Gasteiger partial charge is 0.290 e. The van der Waals surface area contributed by atoms with E-state index in [2.05, 4.69) is 36.9 Å². The van der Waals surface area contributed by atoms with Gasteiger partial charge in [-0.3, -0.25) is 9.69 Å². The summed E-state index contributed by atoms with van der Waals surface area (Å²) in [7, 11) is 0. The molecule has 1 saturated carbocycles. The van der Waals surface area contributed by atoms with Gasteiger partial charge in [-0.05, 0) is 63.3 Å². The summed E-state index contributed by atoms with van der Waals surface area (Å²) in [5, 5.41) is 17.2. The van der Waals surface area contributed by atoms with Gasteiger partial charge < -0.3 is 14.9 Å². The molecule has 2 aliphatic rings. The molecular formula is C20H31NO4. The number of hydrogen-bond acceptors (Lipinski definition) is 4. The molecule has 5 heteroatoms. The maximum Gasteiger partial charge on any atom is 0.290 e. The van der Waals surface area contributed by atoms with E-state index in [1.165, 1.54) is 36.8 Å². The van der Waals surface area contributed by atoms with Crippen molar-refractivity contribution in [3.63, 3.8) is 0 Å². The highest BCUT2D eigenvalue weighted by atomic mass is 16.5. The van der Waals surface area contributed by atoms with Gasteiger partial charge in [0.1, 0.15) is 12.4 Å². The molecule has 1 aromatic rings. The Labute approximate surface area is 150 Å². The monoisotopic (exact) mass is 349 g/mol. The molecule has 0 amide bonds. The molecule has 0 radical (unpaired) electrons. The van der Waals surface area contributed by atoms with Gasteiger partial charge in [-0.25, -0.2) is 0 Å². The predicted molar refractivity (Wildman–Crippen MR) is 98.1 cm³/mol. The molecule has 5 nitrogen and oxygen atoms in total. The average molecular weight is 349 g/mol. The van der Waals surface area contributed by atoms with Crippen LogP contribution in [0.1, 0.15) is 43.2 Å². The molecule has 1 spiro atoms. The number of nitrogens with zero attached hydrogens (tertiary/aromatic N) is 1. The van der Waals surface area contributed by atoms with Crippen LogP contribution in [0.25, 0.3) is 0 Å². The molecule has 0 aromatic heterocycles. The molecule has 1 aromatic carbocycles.